The molecule has 0 radical (unpaired) electrons. The average Bonchev–Trinajstić information content (AvgIpc) is 2.76. The number of nitrogens with zero attached hydrogens (tertiary/aromatic N) is 2. The third kappa shape index (κ3) is 1.42. The highest BCUT2D eigenvalue weighted by Crippen LogP contribution is 2.30. The minimum absolute atomic E-state index is 0.144. The number of thiophene rings is 1. The number of aromatic nitrogens is 3. The zero-order valence-electron chi connectivity index (χ0n) is 8.18. The second-order valence-corrected chi connectivity index (χ2v) is 4.41. The van der Waals surface area contributed by atoms with Gasteiger partial charge in [-0.1, -0.05) is 0 Å². The van der Waals surface area contributed by atoms with E-state index < -0.39 is 0 Å². The van der Waals surface area contributed by atoms with E-state index in [4.69, 9.17) is 0 Å². The molecular formula is C11H7N3OS. The van der Waals surface area contributed by atoms with E-state index >= 15 is 0 Å². The SMILES string of the molecule is O=c1[nH]ncc2sc(-c3ccncc3)cc12. The number of rotatable bonds is 1. The van der Waals surface area contributed by atoms with E-state index in [1.807, 2.05) is 18.2 Å². The fourth-order valence-electron chi connectivity index (χ4n) is 1.55. The Morgan fingerprint density at radius 1 is 1.25 bits per heavy atom. The second-order valence-electron chi connectivity index (χ2n) is 3.32. The van der Waals surface area contributed by atoms with Crippen LogP contribution in [0, 0.1) is 0 Å². The summed E-state index contributed by atoms with van der Waals surface area (Å²) in [6, 6.07) is 5.73. The maximum absolute atomic E-state index is 11.5. The first kappa shape index (κ1) is 9.23. The Balaban J connectivity index is 2.28. The lowest BCUT2D eigenvalue weighted by Gasteiger charge is -1.92. The van der Waals surface area contributed by atoms with Gasteiger partial charge in [-0.3, -0.25) is 9.78 Å². The van der Waals surface area contributed by atoms with Crippen LogP contribution in [0.5, 0.6) is 0 Å². The summed E-state index contributed by atoms with van der Waals surface area (Å²) in [6.07, 6.45) is 5.15. The highest BCUT2D eigenvalue weighted by molar-refractivity contribution is 7.22. The van der Waals surface area contributed by atoms with Gasteiger partial charge in [0.15, 0.2) is 0 Å². The first-order valence-corrected chi connectivity index (χ1v) is 5.54. The number of nitrogens with one attached hydrogen (secondary N) is 1. The molecule has 0 atom stereocenters. The zero-order valence-corrected chi connectivity index (χ0v) is 8.99. The van der Waals surface area contributed by atoms with Crippen LogP contribution in [0.2, 0.25) is 0 Å². The van der Waals surface area contributed by atoms with Crippen molar-refractivity contribution in [2.45, 2.75) is 0 Å². The molecule has 3 rings (SSSR count). The summed E-state index contributed by atoms with van der Waals surface area (Å²) in [5, 5.41) is 6.89. The van der Waals surface area contributed by atoms with Gasteiger partial charge in [0.1, 0.15) is 0 Å². The second kappa shape index (κ2) is 3.53. The maximum atomic E-state index is 11.5. The summed E-state index contributed by atoms with van der Waals surface area (Å²) in [4.78, 5) is 16.5. The molecule has 0 amide bonds. The third-order valence-corrected chi connectivity index (χ3v) is 3.44. The van der Waals surface area contributed by atoms with E-state index in [1.165, 1.54) is 0 Å². The van der Waals surface area contributed by atoms with Crippen molar-refractivity contribution in [3.63, 3.8) is 0 Å². The first-order chi connectivity index (χ1) is 7.84. The van der Waals surface area contributed by atoms with Crippen molar-refractivity contribution in [3.05, 3.63) is 47.1 Å². The number of hydrogen-bond acceptors (Lipinski definition) is 4. The Morgan fingerprint density at radius 3 is 2.81 bits per heavy atom. The number of H-pyrrole nitrogens is 1. The largest absolute Gasteiger partial charge is 0.272 e. The number of fused-ring (bicyclic) bond motifs is 1. The van der Waals surface area contributed by atoms with Crippen molar-refractivity contribution in [2.24, 2.45) is 0 Å². The van der Waals surface area contributed by atoms with Crippen LogP contribution in [0.25, 0.3) is 20.5 Å². The molecule has 0 bridgehead atoms. The minimum atomic E-state index is -0.144. The van der Waals surface area contributed by atoms with E-state index in [0.717, 1.165) is 15.1 Å². The predicted molar refractivity (Wildman–Crippen MR) is 63.5 cm³/mol. The van der Waals surface area contributed by atoms with Gasteiger partial charge in [0.25, 0.3) is 5.56 Å². The standard InChI is InChI=1S/C11H7N3OS/c15-11-8-5-9(7-1-3-12-4-2-7)16-10(8)6-13-14-11/h1-6H,(H,14,15). The topological polar surface area (TPSA) is 58.6 Å². The highest BCUT2D eigenvalue weighted by Gasteiger charge is 2.06. The molecule has 4 nitrogen and oxygen atoms in total. The lowest BCUT2D eigenvalue weighted by Crippen LogP contribution is -2.05. The summed E-state index contributed by atoms with van der Waals surface area (Å²) >= 11 is 1.55. The number of hydrogen-bond donors (Lipinski definition) is 1. The van der Waals surface area contributed by atoms with Crippen molar-refractivity contribution in [1.29, 1.82) is 0 Å². The van der Waals surface area contributed by atoms with Gasteiger partial charge in [0, 0.05) is 17.3 Å². The van der Waals surface area contributed by atoms with E-state index in [0.29, 0.717) is 5.39 Å². The molecule has 3 aromatic rings. The van der Waals surface area contributed by atoms with Gasteiger partial charge in [-0.15, -0.1) is 11.3 Å². The molecule has 78 valence electrons. The summed E-state index contributed by atoms with van der Waals surface area (Å²) in [5.41, 5.74) is 0.921. The van der Waals surface area contributed by atoms with Crippen molar-refractivity contribution in [2.75, 3.05) is 0 Å². The lowest BCUT2D eigenvalue weighted by molar-refractivity contribution is 1.01. The molecule has 5 heteroatoms. The summed E-state index contributed by atoms with van der Waals surface area (Å²) in [6.45, 7) is 0. The first-order valence-electron chi connectivity index (χ1n) is 4.72. The van der Waals surface area contributed by atoms with Gasteiger partial charge < -0.3 is 0 Å². The van der Waals surface area contributed by atoms with Crippen molar-refractivity contribution >= 4 is 21.4 Å². The quantitative estimate of drug-likeness (QED) is 0.694. The minimum Gasteiger partial charge on any atom is -0.267 e. The van der Waals surface area contributed by atoms with Gasteiger partial charge in [0.05, 0.1) is 16.3 Å². The van der Waals surface area contributed by atoms with Crippen LogP contribution in [-0.4, -0.2) is 15.2 Å². The maximum Gasteiger partial charge on any atom is 0.272 e. The van der Waals surface area contributed by atoms with Crippen LogP contribution in [0.15, 0.2) is 41.6 Å². The molecule has 0 unspecified atom stereocenters. The number of aromatic amines is 1. The van der Waals surface area contributed by atoms with E-state index in [-0.39, 0.29) is 5.56 Å². The van der Waals surface area contributed by atoms with Crippen LogP contribution < -0.4 is 5.56 Å². The van der Waals surface area contributed by atoms with Crippen molar-refractivity contribution in [1.82, 2.24) is 15.2 Å². The number of pyridine rings is 1. The molecule has 0 saturated carbocycles. The van der Waals surface area contributed by atoms with Crippen LogP contribution >= 0.6 is 11.3 Å². The van der Waals surface area contributed by atoms with E-state index in [2.05, 4.69) is 15.2 Å². The smallest absolute Gasteiger partial charge is 0.267 e. The van der Waals surface area contributed by atoms with Crippen LogP contribution in [0.1, 0.15) is 0 Å². The molecule has 0 aliphatic heterocycles. The molecule has 0 fully saturated rings. The summed E-state index contributed by atoms with van der Waals surface area (Å²) in [7, 11) is 0. The summed E-state index contributed by atoms with van der Waals surface area (Å²) < 4.78 is 0.899. The molecule has 0 aromatic carbocycles. The van der Waals surface area contributed by atoms with Crippen LogP contribution in [0.3, 0.4) is 0 Å². The Hall–Kier alpha value is -2.01. The summed E-state index contributed by atoms with van der Waals surface area (Å²) in [5.74, 6) is 0. The van der Waals surface area contributed by atoms with E-state index in [1.54, 1.807) is 29.9 Å². The molecule has 3 heterocycles. The molecule has 0 spiro atoms. The molecule has 16 heavy (non-hydrogen) atoms. The fraction of sp³-hybridized carbons (Fsp3) is 0. The normalized spacial score (nSPS) is 10.8. The molecule has 3 aromatic heterocycles. The van der Waals surface area contributed by atoms with Crippen molar-refractivity contribution < 1.29 is 0 Å². The van der Waals surface area contributed by atoms with Gasteiger partial charge in [0.2, 0.25) is 0 Å². The molecule has 1 N–H and O–H groups in total. The lowest BCUT2D eigenvalue weighted by atomic mass is 10.2. The van der Waals surface area contributed by atoms with Crippen LogP contribution in [0.4, 0.5) is 0 Å². The molecule has 0 saturated heterocycles. The highest BCUT2D eigenvalue weighted by atomic mass is 32.1. The predicted octanol–water partition coefficient (Wildman–Crippen LogP) is 2.05. The third-order valence-electron chi connectivity index (χ3n) is 2.32. The Labute approximate surface area is 94.6 Å². The average molecular weight is 229 g/mol. The molecule has 0 aliphatic rings. The Morgan fingerprint density at radius 2 is 2.06 bits per heavy atom. The van der Waals surface area contributed by atoms with E-state index in [9.17, 15) is 4.79 Å². The Bertz CT molecular complexity index is 687. The van der Waals surface area contributed by atoms with Gasteiger partial charge in [-0.05, 0) is 23.8 Å². The Kier molecular flexibility index (Phi) is 2.04. The van der Waals surface area contributed by atoms with Crippen LogP contribution in [-0.2, 0) is 0 Å². The molecule has 0 aliphatic carbocycles. The monoisotopic (exact) mass is 229 g/mol. The zero-order chi connectivity index (χ0) is 11.0. The van der Waals surface area contributed by atoms with Gasteiger partial charge >= 0.3 is 0 Å². The molecular weight excluding hydrogens is 222 g/mol. The van der Waals surface area contributed by atoms with Gasteiger partial charge in [-0.25, -0.2) is 5.10 Å². The fourth-order valence-corrected chi connectivity index (χ4v) is 2.58. The van der Waals surface area contributed by atoms with Gasteiger partial charge in [-0.2, -0.15) is 5.10 Å². The van der Waals surface area contributed by atoms with Crippen molar-refractivity contribution in [3.8, 4) is 10.4 Å².